The smallest absolute Gasteiger partial charge is 0.380 e. The van der Waals surface area contributed by atoms with E-state index < -0.39 is 11.8 Å². The molecule has 0 spiro atoms. The van der Waals surface area contributed by atoms with Crippen LogP contribution in [0.15, 0.2) is 54.6 Å². The number of allylic oxidation sites excluding steroid dienone is 3. The average Bonchev–Trinajstić information content (AvgIpc) is 2.53. The molecule has 1 atom stereocenters. The number of Topliss-reactive ketones (excluding diaryl/α,β-unsaturated/α-hetero) is 1. The van der Waals surface area contributed by atoms with Gasteiger partial charge in [0.1, 0.15) is 6.10 Å². The summed E-state index contributed by atoms with van der Waals surface area (Å²) in [7, 11) is 0. The van der Waals surface area contributed by atoms with Gasteiger partial charge >= 0.3 is 5.97 Å². The van der Waals surface area contributed by atoms with Gasteiger partial charge in [-0.3, -0.25) is 4.79 Å². The van der Waals surface area contributed by atoms with E-state index in [1.54, 1.807) is 30.3 Å². The van der Waals surface area contributed by atoms with Crippen LogP contribution >= 0.6 is 0 Å². The molecule has 21 heavy (non-hydrogen) atoms. The van der Waals surface area contributed by atoms with E-state index in [1.807, 2.05) is 32.1 Å². The van der Waals surface area contributed by atoms with Crippen molar-refractivity contribution in [3.8, 4) is 0 Å². The zero-order chi connectivity index (χ0) is 15.5. The molecule has 0 N–H and O–H groups in total. The summed E-state index contributed by atoms with van der Waals surface area (Å²) >= 11 is 0. The van der Waals surface area contributed by atoms with Crippen LogP contribution in [0.2, 0.25) is 0 Å². The normalized spacial score (nSPS) is 12.7. The summed E-state index contributed by atoms with van der Waals surface area (Å²) in [4.78, 5) is 23.7. The predicted octanol–water partition coefficient (Wildman–Crippen LogP) is 4.10. The molecule has 0 aliphatic heterocycles. The van der Waals surface area contributed by atoms with Gasteiger partial charge in [-0.15, -0.1) is 0 Å². The second kappa shape index (κ2) is 9.70. The second-order valence-corrected chi connectivity index (χ2v) is 4.62. The summed E-state index contributed by atoms with van der Waals surface area (Å²) in [6, 6.07) is 8.46. The largest absolute Gasteiger partial charge is 0.452 e. The lowest BCUT2D eigenvalue weighted by Crippen LogP contribution is -2.23. The molecular weight excluding hydrogens is 264 g/mol. The molecule has 0 saturated heterocycles. The minimum atomic E-state index is -0.800. The zero-order valence-electron chi connectivity index (χ0n) is 12.6. The van der Waals surface area contributed by atoms with Crippen molar-refractivity contribution in [1.82, 2.24) is 0 Å². The Morgan fingerprint density at radius 2 is 1.81 bits per heavy atom. The first kappa shape index (κ1) is 16.9. The molecule has 0 aliphatic carbocycles. The Labute approximate surface area is 126 Å². The monoisotopic (exact) mass is 286 g/mol. The molecule has 1 aromatic carbocycles. The highest BCUT2D eigenvalue weighted by molar-refractivity contribution is 6.40. The molecule has 0 aliphatic rings. The summed E-state index contributed by atoms with van der Waals surface area (Å²) in [6.45, 7) is 3.90. The quantitative estimate of drug-likeness (QED) is 0.237. The zero-order valence-corrected chi connectivity index (χ0v) is 12.6. The van der Waals surface area contributed by atoms with Gasteiger partial charge < -0.3 is 4.74 Å². The van der Waals surface area contributed by atoms with Crippen molar-refractivity contribution in [2.75, 3.05) is 0 Å². The van der Waals surface area contributed by atoms with Gasteiger partial charge in [0.05, 0.1) is 0 Å². The number of rotatable bonds is 8. The van der Waals surface area contributed by atoms with Gasteiger partial charge in [-0.05, 0) is 32.3 Å². The van der Waals surface area contributed by atoms with Gasteiger partial charge in [0, 0.05) is 5.56 Å². The van der Waals surface area contributed by atoms with Gasteiger partial charge in [-0.2, -0.15) is 0 Å². The summed E-state index contributed by atoms with van der Waals surface area (Å²) < 4.78 is 5.23. The Balaban J connectivity index is 2.52. The molecule has 112 valence electrons. The van der Waals surface area contributed by atoms with Crippen LogP contribution in [0, 0.1) is 0 Å². The van der Waals surface area contributed by atoms with Crippen molar-refractivity contribution < 1.29 is 14.3 Å². The van der Waals surface area contributed by atoms with Crippen LogP contribution in [0.25, 0.3) is 0 Å². The molecule has 1 aromatic rings. The third-order valence-electron chi connectivity index (χ3n) is 2.97. The van der Waals surface area contributed by atoms with E-state index in [-0.39, 0.29) is 6.10 Å². The molecule has 0 bridgehead atoms. The van der Waals surface area contributed by atoms with Crippen LogP contribution in [-0.2, 0) is 9.53 Å². The van der Waals surface area contributed by atoms with E-state index in [9.17, 15) is 9.59 Å². The summed E-state index contributed by atoms with van der Waals surface area (Å²) in [6.07, 6.45) is 10.1. The van der Waals surface area contributed by atoms with Crippen molar-refractivity contribution >= 4 is 11.8 Å². The highest BCUT2D eigenvalue weighted by Gasteiger charge is 2.20. The van der Waals surface area contributed by atoms with E-state index in [2.05, 4.69) is 6.08 Å². The van der Waals surface area contributed by atoms with Crippen LogP contribution in [0.5, 0.6) is 0 Å². The molecule has 3 heteroatoms. The van der Waals surface area contributed by atoms with Crippen LogP contribution in [0.3, 0.4) is 0 Å². The molecular formula is C18H22O3. The molecule has 0 radical (unpaired) electrons. The van der Waals surface area contributed by atoms with Crippen molar-refractivity contribution in [3.05, 3.63) is 60.2 Å². The SMILES string of the molecule is C/C=C/CC/C=C/C(CC)OC(=O)C(=O)c1ccccc1. The Kier molecular flexibility index (Phi) is 7.80. The number of carbonyl (C=O) groups excluding carboxylic acids is 2. The number of ketones is 1. The lowest BCUT2D eigenvalue weighted by Gasteiger charge is -2.11. The number of esters is 1. The molecule has 3 nitrogen and oxygen atoms in total. The molecule has 0 aromatic heterocycles. The first-order chi connectivity index (χ1) is 10.2. The van der Waals surface area contributed by atoms with Crippen molar-refractivity contribution in [2.24, 2.45) is 0 Å². The molecule has 0 heterocycles. The van der Waals surface area contributed by atoms with Gasteiger partial charge in [0.2, 0.25) is 0 Å². The summed E-state index contributed by atoms with van der Waals surface area (Å²) in [5.41, 5.74) is 0.356. The predicted molar refractivity (Wildman–Crippen MR) is 84.1 cm³/mol. The fraction of sp³-hybridized carbons (Fsp3) is 0.333. The van der Waals surface area contributed by atoms with E-state index >= 15 is 0 Å². The Hall–Kier alpha value is -2.16. The standard InChI is InChI=1S/C18H22O3/c1-3-5-6-7-11-14-16(4-2)21-18(20)17(19)15-12-9-8-10-13-15/h3,5,8-14,16H,4,6-7H2,1-2H3/b5-3+,14-11+. The second-order valence-electron chi connectivity index (χ2n) is 4.62. The van der Waals surface area contributed by atoms with Crippen LogP contribution in [0.1, 0.15) is 43.5 Å². The number of hydrogen-bond acceptors (Lipinski definition) is 3. The maximum atomic E-state index is 11.9. The first-order valence-electron chi connectivity index (χ1n) is 7.27. The molecule has 1 rings (SSSR count). The Bertz CT molecular complexity index is 500. The number of ether oxygens (including phenoxy) is 1. The van der Waals surface area contributed by atoms with Crippen molar-refractivity contribution in [2.45, 2.75) is 39.2 Å². The minimum absolute atomic E-state index is 0.351. The maximum absolute atomic E-state index is 11.9. The lowest BCUT2D eigenvalue weighted by atomic mass is 10.1. The fourth-order valence-corrected chi connectivity index (χ4v) is 1.76. The first-order valence-corrected chi connectivity index (χ1v) is 7.27. The molecule has 0 amide bonds. The van der Waals surface area contributed by atoms with E-state index in [0.29, 0.717) is 12.0 Å². The van der Waals surface area contributed by atoms with Crippen LogP contribution in [0.4, 0.5) is 0 Å². The topological polar surface area (TPSA) is 43.4 Å². The van der Waals surface area contributed by atoms with Gasteiger partial charge in [0.25, 0.3) is 5.78 Å². The Morgan fingerprint density at radius 1 is 1.14 bits per heavy atom. The lowest BCUT2D eigenvalue weighted by molar-refractivity contribution is -0.141. The number of carbonyl (C=O) groups is 2. The molecule has 1 unspecified atom stereocenters. The maximum Gasteiger partial charge on any atom is 0.380 e. The average molecular weight is 286 g/mol. The molecule has 0 fully saturated rings. The van der Waals surface area contributed by atoms with Gasteiger partial charge in [0.15, 0.2) is 0 Å². The van der Waals surface area contributed by atoms with E-state index in [0.717, 1.165) is 12.8 Å². The molecule has 0 saturated carbocycles. The van der Waals surface area contributed by atoms with Gasteiger partial charge in [-0.1, -0.05) is 55.5 Å². The summed E-state index contributed by atoms with van der Waals surface area (Å²) in [5, 5.41) is 0. The fourth-order valence-electron chi connectivity index (χ4n) is 1.76. The van der Waals surface area contributed by atoms with E-state index in [4.69, 9.17) is 4.74 Å². The number of hydrogen-bond donors (Lipinski definition) is 0. The minimum Gasteiger partial charge on any atom is -0.452 e. The summed E-state index contributed by atoms with van der Waals surface area (Å²) in [5.74, 6) is -1.40. The highest BCUT2D eigenvalue weighted by Crippen LogP contribution is 2.07. The highest BCUT2D eigenvalue weighted by atomic mass is 16.5. The third-order valence-corrected chi connectivity index (χ3v) is 2.97. The number of unbranched alkanes of at least 4 members (excludes halogenated alkanes) is 1. The number of benzene rings is 1. The van der Waals surface area contributed by atoms with Gasteiger partial charge in [-0.25, -0.2) is 4.79 Å². The van der Waals surface area contributed by atoms with Crippen LogP contribution < -0.4 is 0 Å². The van der Waals surface area contributed by atoms with E-state index in [1.165, 1.54) is 0 Å². The van der Waals surface area contributed by atoms with Crippen molar-refractivity contribution in [1.29, 1.82) is 0 Å². The van der Waals surface area contributed by atoms with Crippen LogP contribution in [-0.4, -0.2) is 17.9 Å². The third kappa shape index (κ3) is 6.21. The Morgan fingerprint density at radius 3 is 2.43 bits per heavy atom. The van der Waals surface area contributed by atoms with Crippen molar-refractivity contribution in [3.63, 3.8) is 0 Å².